The predicted molar refractivity (Wildman–Crippen MR) is 74.4 cm³/mol. The van der Waals surface area contributed by atoms with E-state index in [2.05, 4.69) is 30.7 Å². The molecule has 0 atom stereocenters. The van der Waals surface area contributed by atoms with E-state index in [4.69, 9.17) is 11.6 Å². The molecule has 0 bridgehead atoms. The van der Waals surface area contributed by atoms with E-state index in [1.54, 1.807) is 12.4 Å². The minimum Gasteiger partial charge on any atom is -0.261 e. The van der Waals surface area contributed by atoms with Crippen LogP contribution in [0.15, 0.2) is 41.6 Å². The lowest BCUT2D eigenvalue weighted by molar-refractivity contribution is 1.09. The largest absolute Gasteiger partial charge is 0.261 e. The number of fused-ring (bicyclic) bond motifs is 1. The number of nitrogens with one attached hydrogen (secondary N) is 2. The summed E-state index contributed by atoms with van der Waals surface area (Å²) in [5, 5.41) is 11.6. The average Bonchev–Trinajstić information content (AvgIpc) is 2.88. The van der Waals surface area contributed by atoms with Gasteiger partial charge >= 0.3 is 0 Å². The number of benzene rings is 1. The van der Waals surface area contributed by atoms with E-state index < -0.39 is 0 Å². The molecule has 2 N–H and O–H groups in total. The Morgan fingerprint density at radius 1 is 1.21 bits per heavy atom. The zero-order chi connectivity index (χ0) is 13.1. The zero-order valence-electron chi connectivity index (χ0n) is 9.71. The van der Waals surface area contributed by atoms with Crippen molar-refractivity contribution in [3.63, 3.8) is 0 Å². The summed E-state index contributed by atoms with van der Waals surface area (Å²) in [6.45, 7) is 0. The molecule has 1 aromatic carbocycles. The number of hydrogen-bond acceptors (Lipinski definition) is 5. The van der Waals surface area contributed by atoms with Gasteiger partial charge in [0.2, 0.25) is 5.28 Å². The molecule has 0 spiro atoms. The van der Waals surface area contributed by atoms with Gasteiger partial charge in [-0.2, -0.15) is 20.2 Å². The fourth-order valence-corrected chi connectivity index (χ4v) is 1.77. The molecular formula is C12H9ClN6. The van der Waals surface area contributed by atoms with Gasteiger partial charge in [-0.15, -0.1) is 0 Å². The maximum Gasteiger partial charge on any atom is 0.226 e. The second kappa shape index (κ2) is 5.03. The molecule has 0 radical (unpaired) electrons. The highest BCUT2D eigenvalue weighted by Crippen LogP contribution is 2.19. The van der Waals surface area contributed by atoms with Crippen LogP contribution in [0.5, 0.6) is 0 Å². The highest BCUT2D eigenvalue weighted by molar-refractivity contribution is 6.28. The summed E-state index contributed by atoms with van der Waals surface area (Å²) in [5.74, 6) is 0.510. The predicted octanol–water partition coefficient (Wildman–Crippen LogP) is 2.45. The van der Waals surface area contributed by atoms with Gasteiger partial charge in [0.1, 0.15) is 0 Å². The first-order chi connectivity index (χ1) is 9.33. The zero-order valence-corrected chi connectivity index (χ0v) is 10.5. The highest BCUT2D eigenvalue weighted by Gasteiger charge is 2.07. The summed E-state index contributed by atoms with van der Waals surface area (Å²) in [6.07, 6.45) is 3.31. The first-order valence-corrected chi connectivity index (χ1v) is 5.91. The van der Waals surface area contributed by atoms with Crippen molar-refractivity contribution in [3.8, 4) is 0 Å². The molecule has 0 aliphatic carbocycles. The maximum absolute atomic E-state index is 5.81. The van der Waals surface area contributed by atoms with E-state index in [-0.39, 0.29) is 5.28 Å². The summed E-state index contributed by atoms with van der Waals surface area (Å²) in [5.41, 5.74) is 4.39. The molecule has 0 aliphatic rings. The van der Waals surface area contributed by atoms with E-state index in [1.807, 2.05) is 30.3 Å². The second-order valence-electron chi connectivity index (χ2n) is 3.75. The monoisotopic (exact) mass is 272 g/mol. The molecule has 0 aliphatic heterocycles. The van der Waals surface area contributed by atoms with Crippen molar-refractivity contribution < 1.29 is 0 Å². The number of hydrogen-bond donors (Lipinski definition) is 2. The summed E-state index contributed by atoms with van der Waals surface area (Å²) in [4.78, 5) is 8.08. The van der Waals surface area contributed by atoms with Gasteiger partial charge in [-0.05, 0) is 17.2 Å². The van der Waals surface area contributed by atoms with Crippen molar-refractivity contribution in [1.82, 2.24) is 20.2 Å². The van der Waals surface area contributed by atoms with Crippen molar-refractivity contribution in [2.24, 2.45) is 5.10 Å². The quantitative estimate of drug-likeness (QED) is 0.436. The lowest BCUT2D eigenvalue weighted by Crippen LogP contribution is -1.96. The number of aromatic nitrogens is 4. The topological polar surface area (TPSA) is 78.9 Å². The van der Waals surface area contributed by atoms with Crippen molar-refractivity contribution in [2.45, 2.75) is 0 Å². The first-order valence-electron chi connectivity index (χ1n) is 5.54. The Morgan fingerprint density at radius 3 is 2.89 bits per heavy atom. The molecule has 7 heteroatoms. The third-order valence-corrected chi connectivity index (χ3v) is 2.64. The SMILES string of the molecule is Clc1nc(NN=Cc2ccccc2)c2cn[nH]c2n1. The Balaban J connectivity index is 1.86. The lowest BCUT2D eigenvalue weighted by Gasteiger charge is -2.00. The Morgan fingerprint density at radius 2 is 2.05 bits per heavy atom. The standard InChI is InChI=1S/C12H9ClN6/c13-12-16-10(9-7-15-19-11(9)17-12)18-14-6-8-4-2-1-3-5-8/h1-7H,(H2,15,16,17,18,19). The van der Waals surface area contributed by atoms with Crippen LogP contribution in [0.3, 0.4) is 0 Å². The van der Waals surface area contributed by atoms with Crippen LogP contribution in [0.1, 0.15) is 5.56 Å². The smallest absolute Gasteiger partial charge is 0.226 e. The second-order valence-corrected chi connectivity index (χ2v) is 4.09. The minimum atomic E-state index is 0.133. The highest BCUT2D eigenvalue weighted by atomic mass is 35.5. The third kappa shape index (κ3) is 2.53. The number of H-pyrrole nitrogens is 1. The summed E-state index contributed by atoms with van der Waals surface area (Å²) < 4.78 is 0. The molecule has 2 aromatic heterocycles. The third-order valence-electron chi connectivity index (χ3n) is 2.47. The Hall–Kier alpha value is -2.47. The van der Waals surface area contributed by atoms with Gasteiger partial charge < -0.3 is 0 Å². The fourth-order valence-electron chi connectivity index (χ4n) is 1.60. The van der Waals surface area contributed by atoms with Crippen molar-refractivity contribution in [1.29, 1.82) is 0 Å². The maximum atomic E-state index is 5.81. The summed E-state index contributed by atoms with van der Waals surface area (Å²) >= 11 is 5.81. The van der Waals surface area contributed by atoms with E-state index in [9.17, 15) is 0 Å². The van der Waals surface area contributed by atoms with E-state index in [0.29, 0.717) is 11.5 Å². The Kier molecular flexibility index (Phi) is 3.07. The van der Waals surface area contributed by atoms with Gasteiger partial charge in [0.15, 0.2) is 11.5 Å². The van der Waals surface area contributed by atoms with Gasteiger partial charge in [0.25, 0.3) is 0 Å². The molecule has 19 heavy (non-hydrogen) atoms. The van der Waals surface area contributed by atoms with Crippen LogP contribution >= 0.6 is 11.6 Å². The van der Waals surface area contributed by atoms with Crippen LogP contribution in [0.2, 0.25) is 5.28 Å². The van der Waals surface area contributed by atoms with E-state index in [0.717, 1.165) is 10.9 Å². The molecule has 0 fully saturated rings. The molecular weight excluding hydrogens is 264 g/mol. The van der Waals surface area contributed by atoms with Crippen LogP contribution < -0.4 is 5.43 Å². The van der Waals surface area contributed by atoms with Gasteiger partial charge in [0.05, 0.1) is 17.8 Å². The summed E-state index contributed by atoms with van der Waals surface area (Å²) in [6, 6.07) is 9.73. The molecule has 0 saturated carbocycles. The molecule has 0 amide bonds. The Labute approximate surface area is 113 Å². The molecule has 0 saturated heterocycles. The number of aromatic amines is 1. The van der Waals surface area contributed by atoms with Gasteiger partial charge in [-0.25, -0.2) is 0 Å². The van der Waals surface area contributed by atoms with Crippen LogP contribution in [0.4, 0.5) is 5.82 Å². The molecule has 3 rings (SSSR count). The first kappa shape index (κ1) is 11.6. The van der Waals surface area contributed by atoms with Gasteiger partial charge in [-0.3, -0.25) is 10.5 Å². The van der Waals surface area contributed by atoms with Crippen LogP contribution in [0.25, 0.3) is 11.0 Å². The van der Waals surface area contributed by atoms with Crippen LogP contribution in [0, 0.1) is 0 Å². The van der Waals surface area contributed by atoms with Crippen molar-refractivity contribution in [3.05, 3.63) is 47.4 Å². The number of halogens is 1. The van der Waals surface area contributed by atoms with E-state index >= 15 is 0 Å². The molecule has 6 nitrogen and oxygen atoms in total. The molecule has 2 heterocycles. The summed E-state index contributed by atoms with van der Waals surface area (Å²) in [7, 11) is 0. The van der Waals surface area contributed by atoms with Gasteiger partial charge in [-0.1, -0.05) is 30.3 Å². The molecule has 0 unspecified atom stereocenters. The number of nitrogens with zero attached hydrogens (tertiary/aromatic N) is 4. The van der Waals surface area contributed by atoms with Crippen LogP contribution in [-0.2, 0) is 0 Å². The van der Waals surface area contributed by atoms with Crippen molar-refractivity contribution >= 4 is 34.7 Å². The number of hydrazone groups is 1. The minimum absolute atomic E-state index is 0.133. The normalized spacial score (nSPS) is 11.2. The van der Waals surface area contributed by atoms with Gasteiger partial charge in [0, 0.05) is 0 Å². The molecule has 94 valence electrons. The van der Waals surface area contributed by atoms with Crippen LogP contribution in [-0.4, -0.2) is 26.4 Å². The number of anilines is 1. The number of rotatable bonds is 3. The average molecular weight is 273 g/mol. The molecule has 3 aromatic rings. The van der Waals surface area contributed by atoms with Crippen molar-refractivity contribution in [2.75, 3.05) is 5.43 Å². The van der Waals surface area contributed by atoms with E-state index in [1.165, 1.54) is 0 Å². The fraction of sp³-hybridized carbons (Fsp3) is 0. The lowest BCUT2D eigenvalue weighted by atomic mass is 10.2. The Bertz CT molecular complexity index is 721.